The Morgan fingerprint density at radius 3 is 3.00 bits per heavy atom. The molecule has 0 aliphatic heterocycles. The van der Waals surface area contributed by atoms with Crippen LogP contribution in [0.15, 0.2) is 55.2 Å². The fourth-order valence-corrected chi connectivity index (χ4v) is 1.69. The Bertz CT molecular complexity index is 690. The van der Waals surface area contributed by atoms with Gasteiger partial charge in [-0.3, -0.25) is 9.78 Å². The number of carbonyl (C=O) groups excluding carboxylic acids is 1. The van der Waals surface area contributed by atoms with Crippen molar-refractivity contribution in [2.24, 2.45) is 0 Å². The Morgan fingerprint density at radius 1 is 1.22 bits per heavy atom. The van der Waals surface area contributed by atoms with Gasteiger partial charge >= 0.3 is 0 Å². The van der Waals surface area contributed by atoms with Crippen LogP contribution in [0, 0.1) is 0 Å². The smallest absolute Gasteiger partial charge is 0.257 e. The lowest BCUT2D eigenvalue weighted by molar-refractivity contribution is 0.102. The molecule has 0 saturated carbocycles. The second-order valence-corrected chi connectivity index (χ2v) is 3.81. The highest BCUT2D eigenvalue weighted by molar-refractivity contribution is 6.04. The number of hydrogen-bond acceptors (Lipinski definition) is 3. The van der Waals surface area contributed by atoms with Crippen molar-refractivity contribution < 1.29 is 4.79 Å². The number of fused-ring (bicyclic) bond motifs is 1. The number of nitrogens with zero attached hydrogens (tertiary/aromatic N) is 3. The SMILES string of the molecule is O=C(Nc1cccnc1)c1ccc2nccn2c1. The van der Waals surface area contributed by atoms with Crippen LogP contribution in [0.4, 0.5) is 5.69 Å². The summed E-state index contributed by atoms with van der Waals surface area (Å²) in [5, 5.41) is 2.78. The Labute approximate surface area is 103 Å². The van der Waals surface area contributed by atoms with Gasteiger partial charge in [-0.25, -0.2) is 4.98 Å². The summed E-state index contributed by atoms with van der Waals surface area (Å²) in [6.45, 7) is 0. The maximum atomic E-state index is 12.0. The molecule has 0 spiro atoms. The van der Waals surface area contributed by atoms with Crippen molar-refractivity contribution >= 4 is 17.2 Å². The first-order valence-electron chi connectivity index (χ1n) is 5.47. The van der Waals surface area contributed by atoms with Gasteiger partial charge in [0.1, 0.15) is 5.65 Å². The van der Waals surface area contributed by atoms with E-state index in [9.17, 15) is 4.79 Å². The highest BCUT2D eigenvalue weighted by Gasteiger charge is 2.07. The Kier molecular flexibility index (Phi) is 2.49. The third-order valence-electron chi connectivity index (χ3n) is 2.57. The number of pyridine rings is 2. The van der Waals surface area contributed by atoms with E-state index >= 15 is 0 Å². The molecule has 5 heteroatoms. The zero-order valence-corrected chi connectivity index (χ0v) is 9.45. The summed E-state index contributed by atoms with van der Waals surface area (Å²) in [5.41, 5.74) is 2.06. The molecule has 0 bridgehead atoms. The minimum atomic E-state index is -0.168. The van der Waals surface area contributed by atoms with E-state index < -0.39 is 0 Å². The maximum absolute atomic E-state index is 12.0. The molecule has 1 N–H and O–H groups in total. The number of amides is 1. The number of carbonyl (C=O) groups is 1. The second-order valence-electron chi connectivity index (χ2n) is 3.81. The average Bonchev–Trinajstić information content (AvgIpc) is 2.87. The quantitative estimate of drug-likeness (QED) is 0.742. The number of nitrogens with one attached hydrogen (secondary N) is 1. The lowest BCUT2D eigenvalue weighted by atomic mass is 10.2. The molecule has 0 atom stereocenters. The van der Waals surface area contributed by atoms with E-state index in [-0.39, 0.29) is 5.91 Å². The van der Waals surface area contributed by atoms with Gasteiger partial charge in [0.15, 0.2) is 0 Å². The van der Waals surface area contributed by atoms with Crippen LogP contribution < -0.4 is 5.32 Å². The molecule has 0 aliphatic rings. The molecule has 18 heavy (non-hydrogen) atoms. The molecule has 5 nitrogen and oxygen atoms in total. The van der Waals surface area contributed by atoms with Crippen LogP contribution in [0.1, 0.15) is 10.4 Å². The minimum Gasteiger partial charge on any atom is -0.321 e. The standard InChI is InChI=1S/C13H10N4O/c18-13(16-11-2-1-5-14-8-11)10-3-4-12-15-6-7-17(12)9-10/h1-9H,(H,16,18). The van der Waals surface area contributed by atoms with Crippen LogP contribution in [0.25, 0.3) is 5.65 Å². The molecule has 3 heterocycles. The molecule has 3 aromatic heterocycles. The van der Waals surface area contributed by atoms with Crippen LogP contribution in [0.3, 0.4) is 0 Å². The highest BCUT2D eigenvalue weighted by atomic mass is 16.1. The van der Waals surface area contributed by atoms with Gasteiger partial charge in [0, 0.05) is 24.8 Å². The lowest BCUT2D eigenvalue weighted by Crippen LogP contribution is -2.12. The van der Waals surface area contributed by atoms with Gasteiger partial charge in [-0.15, -0.1) is 0 Å². The van der Waals surface area contributed by atoms with Crippen molar-refractivity contribution in [3.05, 3.63) is 60.8 Å². The second kappa shape index (κ2) is 4.29. The van der Waals surface area contributed by atoms with E-state index in [1.165, 1.54) is 0 Å². The Balaban J connectivity index is 1.87. The van der Waals surface area contributed by atoms with Gasteiger partial charge in [0.25, 0.3) is 5.91 Å². The summed E-state index contributed by atoms with van der Waals surface area (Å²) in [5.74, 6) is -0.168. The number of aromatic nitrogens is 3. The zero-order valence-electron chi connectivity index (χ0n) is 9.45. The summed E-state index contributed by atoms with van der Waals surface area (Å²) in [6, 6.07) is 7.11. The molecule has 0 aromatic carbocycles. The molecule has 3 rings (SSSR count). The largest absolute Gasteiger partial charge is 0.321 e. The van der Waals surface area contributed by atoms with Crippen molar-refractivity contribution in [2.75, 3.05) is 5.32 Å². The molecule has 88 valence electrons. The number of hydrogen-bond donors (Lipinski definition) is 1. The molecule has 0 radical (unpaired) electrons. The highest BCUT2D eigenvalue weighted by Crippen LogP contribution is 2.09. The summed E-state index contributed by atoms with van der Waals surface area (Å²) in [6.07, 6.45) is 8.50. The van der Waals surface area contributed by atoms with E-state index in [2.05, 4.69) is 15.3 Å². The molecule has 0 saturated heterocycles. The molecule has 0 fully saturated rings. The summed E-state index contributed by atoms with van der Waals surface area (Å²) in [4.78, 5) is 20.1. The molecule has 3 aromatic rings. The van der Waals surface area contributed by atoms with Crippen LogP contribution in [-0.4, -0.2) is 20.3 Å². The molecule has 0 unspecified atom stereocenters. The van der Waals surface area contributed by atoms with Crippen LogP contribution in [0.2, 0.25) is 0 Å². The first-order valence-corrected chi connectivity index (χ1v) is 5.47. The molecule has 0 aliphatic carbocycles. The van der Waals surface area contributed by atoms with Gasteiger partial charge in [-0.05, 0) is 24.3 Å². The van der Waals surface area contributed by atoms with E-state index in [1.54, 1.807) is 59.7 Å². The normalized spacial score (nSPS) is 10.4. The first-order chi connectivity index (χ1) is 8.83. The van der Waals surface area contributed by atoms with Crippen molar-refractivity contribution in [1.82, 2.24) is 14.4 Å². The van der Waals surface area contributed by atoms with Crippen LogP contribution in [-0.2, 0) is 0 Å². The Hall–Kier alpha value is -2.69. The van der Waals surface area contributed by atoms with Gasteiger partial charge in [-0.1, -0.05) is 0 Å². The van der Waals surface area contributed by atoms with Crippen molar-refractivity contribution in [3.63, 3.8) is 0 Å². The number of imidazole rings is 1. The van der Waals surface area contributed by atoms with Crippen LogP contribution in [0.5, 0.6) is 0 Å². The minimum absolute atomic E-state index is 0.168. The van der Waals surface area contributed by atoms with E-state index in [0.717, 1.165) is 5.65 Å². The van der Waals surface area contributed by atoms with E-state index in [1.807, 2.05) is 0 Å². The van der Waals surface area contributed by atoms with Gasteiger partial charge in [0.2, 0.25) is 0 Å². The predicted octanol–water partition coefficient (Wildman–Crippen LogP) is 1.98. The van der Waals surface area contributed by atoms with Gasteiger partial charge in [-0.2, -0.15) is 0 Å². The summed E-state index contributed by atoms with van der Waals surface area (Å²) in [7, 11) is 0. The zero-order chi connectivity index (χ0) is 12.4. The monoisotopic (exact) mass is 238 g/mol. The fourth-order valence-electron chi connectivity index (χ4n) is 1.69. The Morgan fingerprint density at radius 2 is 2.17 bits per heavy atom. The summed E-state index contributed by atoms with van der Waals surface area (Å²) < 4.78 is 1.80. The van der Waals surface area contributed by atoms with Crippen molar-refractivity contribution in [3.8, 4) is 0 Å². The van der Waals surface area contributed by atoms with Crippen molar-refractivity contribution in [1.29, 1.82) is 0 Å². The molecule has 1 amide bonds. The average molecular weight is 238 g/mol. The number of rotatable bonds is 2. The predicted molar refractivity (Wildman–Crippen MR) is 67.4 cm³/mol. The van der Waals surface area contributed by atoms with Gasteiger partial charge in [0.05, 0.1) is 17.4 Å². The first kappa shape index (κ1) is 10.5. The molecular weight excluding hydrogens is 228 g/mol. The lowest BCUT2D eigenvalue weighted by Gasteiger charge is -2.04. The molecular formula is C13H10N4O. The third kappa shape index (κ3) is 1.93. The number of anilines is 1. The third-order valence-corrected chi connectivity index (χ3v) is 2.57. The van der Waals surface area contributed by atoms with Gasteiger partial charge < -0.3 is 9.72 Å². The van der Waals surface area contributed by atoms with E-state index in [0.29, 0.717) is 11.3 Å². The maximum Gasteiger partial charge on any atom is 0.257 e. The van der Waals surface area contributed by atoms with Crippen molar-refractivity contribution in [2.45, 2.75) is 0 Å². The fraction of sp³-hybridized carbons (Fsp3) is 0. The van der Waals surface area contributed by atoms with E-state index in [4.69, 9.17) is 0 Å². The summed E-state index contributed by atoms with van der Waals surface area (Å²) >= 11 is 0. The van der Waals surface area contributed by atoms with Crippen LogP contribution >= 0.6 is 0 Å². The topological polar surface area (TPSA) is 59.3 Å².